The molecule has 28 heavy (non-hydrogen) atoms. The number of aromatic nitrogens is 1. The Morgan fingerprint density at radius 3 is 2.79 bits per heavy atom. The number of benzene rings is 2. The SMILES string of the molecule is CCCCOC(=O)c1ccc2nc(NC(=O)c3cccc(C)c3OC)sc2c1. The first-order valence-electron chi connectivity index (χ1n) is 9.06. The third-order valence-electron chi connectivity index (χ3n) is 4.24. The van der Waals surface area contributed by atoms with E-state index in [4.69, 9.17) is 9.47 Å². The molecule has 0 radical (unpaired) electrons. The van der Waals surface area contributed by atoms with Crippen molar-refractivity contribution < 1.29 is 19.1 Å². The van der Waals surface area contributed by atoms with E-state index in [2.05, 4.69) is 10.3 Å². The summed E-state index contributed by atoms with van der Waals surface area (Å²) in [5, 5.41) is 3.27. The van der Waals surface area contributed by atoms with Gasteiger partial charge >= 0.3 is 5.97 Å². The minimum atomic E-state index is -0.348. The van der Waals surface area contributed by atoms with Crippen molar-refractivity contribution in [1.82, 2.24) is 4.98 Å². The number of hydrogen-bond acceptors (Lipinski definition) is 6. The summed E-state index contributed by atoms with van der Waals surface area (Å²) in [6, 6.07) is 10.6. The van der Waals surface area contributed by atoms with Crippen molar-refractivity contribution in [3.8, 4) is 5.75 Å². The Balaban J connectivity index is 1.78. The standard InChI is InChI=1S/C21H22N2O4S/c1-4-5-11-27-20(25)14-9-10-16-17(12-14)28-21(22-16)23-19(24)15-8-6-7-13(2)18(15)26-3/h6-10,12H,4-5,11H2,1-3H3,(H,22,23,24). The highest BCUT2D eigenvalue weighted by Crippen LogP contribution is 2.29. The summed E-state index contributed by atoms with van der Waals surface area (Å²) in [6.45, 7) is 4.34. The number of carbonyl (C=O) groups excluding carboxylic acids is 2. The zero-order chi connectivity index (χ0) is 20.1. The first kappa shape index (κ1) is 19.8. The monoisotopic (exact) mass is 398 g/mol. The molecule has 6 nitrogen and oxygen atoms in total. The minimum Gasteiger partial charge on any atom is -0.496 e. The van der Waals surface area contributed by atoms with Crippen LogP contribution in [0.15, 0.2) is 36.4 Å². The van der Waals surface area contributed by atoms with Gasteiger partial charge in [-0.1, -0.05) is 36.8 Å². The average Bonchev–Trinajstić information content (AvgIpc) is 3.09. The summed E-state index contributed by atoms with van der Waals surface area (Å²) in [4.78, 5) is 29.2. The van der Waals surface area contributed by atoms with E-state index in [0.717, 1.165) is 23.1 Å². The predicted octanol–water partition coefficient (Wildman–Crippen LogP) is 4.82. The van der Waals surface area contributed by atoms with Crippen LogP contribution in [0, 0.1) is 6.92 Å². The van der Waals surface area contributed by atoms with Gasteiger partial charge in [0.25, 0.3) is 5.91 Å². The fraction of sp³-hybridized carbons (Fsp3) is 0.286. The smallest absolute Gasteiger partial charge is 0.338 e. The first-order valence-corrected chi connectivity index (χ1v) is 9.87. The molecule has 0 aliphatic heterocycles. The van der Waals surface area contributed by atoms with Crippen molar-refractivity contribution in [2.75, 3.05) is 19.0 Å². The highest BCUT2D eigenvalue weighted by atomic mass is 32.1. The molecule has 0 unspecified atom stereocenters. The van der Waals surface area contributed by atoms with Crippen LogP contribution >= 0.6 is 11.3 Å². The van der Waals surface area contributed by atoms with Crippen molar-refractivity contribution in [3.05, 3.63) is 53.1 Å². The number of aryl methyl sites for hydroxylation is 1. The van der Waals surface area contributed by atoms with Gasteiger partial charge in [0.1, 0.15) is 5.75 Å². The van der Waals surface area contributed by atoms with E-state index in [0.29, 0.717) is 34.1 Å². The molecule has 0 atom stereocenters. The lowest BCUT2D eigenvalue weighted by Gasteiger charge is -2.10. The number of esters is 1. The number of carbonyl (C=O) groups is 2. The highest BCUT2D eigenvalue weighted by Gasteiger charge is 2.16. The molecular formula is C21H22N2O4S. The van der Waals surface area contributed by atoms with Crippen LogP contribution in [0.5, 0.6) is 5.75 Å². The number of thiazole rings is 1. The number of ether oxygens (including phenoxy) is 2. The maximum absolute atomic E-state index is 12.6. The van der Waals surface area contributed by atoms with Crippen molar-refractivity contribution in [1.29, 1.82) is 0 Å². The minimum absolute atomic E-state index is 0.293. The molecule has 7 heteroatoms. The highest BCUT2D eigenvalue weighted by molar-refractivity contribution is 7.22. The van der Waals surface area contributed by atoms with E-state index >= 15 is 0 Å². The third-order valence-corrected chi connectivity index (χ3v) is 5.17. The maximum atomic E-state index is 12.6. The van der Waals surface area contributed by atoms with Crippen LogP contribution in [0.4, 0.5) is 5.13 Å². The molecule has 1 N–H and O–H groups in total. The largest absolute Gasteiger partial charge is 0.496 e. The molecule has 0 aliphatic rings. The fourth-order valence-electron chi connectivity index (χ4n) is 2.76. The van der Waals surface area contributed by atoms with Gasteiger partial charge in [-0.3, -0.25) is 10.1 Å². The van der Waals surface area contributed by atoms with E-state index in [-0.39, 0.29) is 11.9 Å². The molecule has 0 aliphatic carbocycles. The van der Waals surface area contributed by atoms with Gasteiger partial charge in [0.15, 0.2) is 5.13 Å². The summed E-state index contributed by atoms with van der Waals surface area (Å²) in [5.41, 5.74) is 2.51. The normalized spacial score (nSPS) is 10.7. The second kappa shape index (κ2) is 8.84. The lowest BCUT2D eigenvalue weighted by atomic mass is 10.1. The fourth-order valence-corrected chi connectivity index (χ4v) is 3.66. The topological polar surface area (TPSA) is 77.5 Å². The number of anilines is 1. The number of nitrogens with zero attached hydrogens (tertiary/aromatic N) is 1. The number of unbranched alkanes of at least 4 members (excludes halogenated alkanes) is 1. The third kappa shape index (κ3) is 4.31. The zero-order valence-electron chi connectivity index (χ0n) is 16.1. The Kier molecular flexibility index (Phi) is 6.26. The van der Waals surface area contributed by atoms with Gasteiger partial charge in [-0.15, -0.1) is 0 Å². The molecule has 1 aromatic heterocycles. The van der Waals surface area contributed by atoms with E-state index in [1.54, 1.807) is 24.3 Å². The van der Waals surface area contributed by atoms with Gasteiger partial charge in [-0.25, -0.2) is 9.78 Å². The average molecular weight is 398 g/mol. The quantitative estimate of drug-likeness (QED) is 0.456. The van der Waals surface area contributed by atoms with Crippen molar-refractivity contribution in [2.24, 2.45) is 0 Å². The van der Waals surface area contributed by atoms with Crippen molar-refractivity contribution >= 4 is 38.6 Å². The number of nitrogens with one attached hydrogen (secondary N) is 1. The molecule has 0 bridgehead atoms. The molecule has 0 fully saturated rings. The number of rotatable bonds is 7. The summed E-state index contributed by atoms with van der Waals surface area (Å²) >= 11 is 1.31. The van der Waals surface area contributed by atoms with Crippen LogP contribution in [-0.2, 0) is 4.74 Å². The number of amides is 1. The Labute approximate surface area is 167 Å². The lowest BCUT2D eigenvalue weighted by Crippen LogP contribution is -2.13. The maximum Gasteiger partial charge on any atom is 0.338 e. The van der Waals surface area contributed by atoms with Crippen LogP contribution < -0.4 is 10.1 Å². The first-order chi connectivity index (χ1) is 13.5. The van der Waals surface area contributed by atoms with Gasteiger partial charge < -0.3 is 9.47 Å². The molecule has 1 amide bonds. The van der Waals surface area contributed by atoms with E-state index in [1.807, 2.05) is 26.0 Å². The Morgan fingerprint density at radius 2 is 2.04 bits per heavy atom. The van der Waals surface area contributed by atoms with Gasteiger partial charge in [-0.05, 0) is 43.2 Å². The molecule has 146 valence electrons. The molecule has 3 aromatic rings. The molecule has 0 spiro atoms. The predicted molar refractivity (Wildman–Crippen MR) is 110 cm³/mol. The van der Waals surface area contributed by atoms with Crippen LogP contribution in [-0.4, -0.2) is 30.6 Å². The van der Waals surface area contributed by atoms with E-state index < -0.39 is 0 Å². The number of fused-ring (bicyclic) bond motifs is 1. The van der Waals surface area contributed by atoms with Gasteiger partial charge in [0, 0.05) is 0 Å². The van der Waals surface area contributed by atoms with Gasteiger partial charge in [0.2, 0.25) is 0 Å². The molecule has 1 heterocycles. The summed E-state index contributed by atoms with van der Waals surface area (Å²) in [5.74, 6) is -0.101. The summed E-state index contributed by atoms with van der Waals surface area (Å²) in [6.07, 6.45) is 1.81. The molecule has 2 aromatic carbocycles. The second-order valence-corrected chi connectivity index (χ2v) is 7.33. The van der Waals surface area contributed by atoms with Crippen LogP contribution in [0.3, 0.4) is 0 Å². The van der Waals surface area contributed by atoms with E-state index in [9.17, 15) is 9.59 Å². The molecule has 0 saturated carbocycles. The van der Waals surface area contributed by atoms with Gasteiger partial charge in [-0.2, -0.15) is 0 Å². The van der Waals surface area contributed by atoms with Crippen molar-refractivity contribution in [3.63, 3.8) is 0 Å². The van der Waals surface area contributed by atoms with Crippen LogP contribution in [0.25, 0.3) is 10.2 Å². The zero-order valence-corrected chi connectivity index (χ0v) is 16.9. The number of hydrogen-bond donors (Lipinski definition) is 1. The molecule has 0 saturated heterocycles. The Hall–Kier alpha value is -2.93. The van der Waals surface area contributed by atoms with Crippen LogP contribution in [0.2, 0.25) is 0 Å². The van der Waals surface area contributed by atoms with Gasteiger partial charge in [0.05, 0.1) is 35.1 Å². The number of methoxy groups -OCH3 is 1. The summed E-state index contributed by atoms with van der Waals surface area (Å²) < 4.78 is 11.4. The Morgan fingerprint density at radius 1 is 1.21 bits per heavy atom. The van der Waals surface area contributed by atoms with Crippen molar-refractivity contribution in [2.45, 2.75) is 26.7 Å². The summed E-state index contributed by atoms with van der Waals surface area (Å²) in [7, 11) is 1.54. The Bertz CT molecular complexity index is 1010. The number of para-hydroxylation sites is 1. The second-order valence-electron chi connectivity index (χ2n) is 6.30. The van der Waals surface area contributed by atoms with Crippen LogP contribution in [0.1, 0.15) is 46.0 Å². The lowest BCUT2D eigenvalue weighted by molar-refractivity contribution is 0.0500. The van der Waals surface area contributed by atoms with E-state index in [1.165, 1.54) is 18.4 Å². The molecular weight excluding hydrogens is 376 g/mol. The molecule has 3 rings (SSSR count).